The summed E-state index contributed by atoms with van der Waals surface area (Å²) in [5.74, 6) is -1.36. The van der Waals surface area contributed by atoms with Crippen molar-refractivity contribution in [2.45, 2.75) is 24.4 Å². The lowest BCUT2D eigenvalue weighted by atomic mass is 9.75. The Kier molecular flexibility index (Phi) is 3.48. The van der Waals surface area contributed by atoms with E-state index in [-0.39, 0.29) is 23.8 Å². The van der Waals surface area contributed by atoms with Crippen molar-refractivity contribution in [2.24, 2.45) is 11.8 Å². The zero-order valence-corrected chi connectivity index (χ0v) is 16.5. The summed E-state index contributed by atoms with van der Waals surface area (Å²) in [6, 6.07) is 14.3. The summed E-state index contributed by atoms with van der Waals surface area (Å²) < 4.78 is 5.42. The fourth-order valence-electron chi connectivity index (χ4n) is 6.14. The van der Waals surface area contributed by atoms with Crippen LogP contribution in [0.15, 0.2) is 48.5 Å². The molecule has 2 aromatic carbocycles. The molecule has 4 atom stereocenters. The first-order chi connectivity index (χ1) is 14.6. The number of nitrogens with zero attached hydrogens (tertiary/aromatic N) is 2. The van der Waals surface area contributed by atoms with Crippen LogP contribution in [-0.4, -0.2) is 42.3 Å². The number of methoxy groups -OCH3 is 1. The van der Waals surface area contributed by atoms with Crippen LogP contribution in [0.3, 0.4) is 0 Å². The third-order valence-corrected chi connectivity index (χ3v) is 7.21. The van der Waals surface area contributed by atoms with Crippen LogP contribution in [0.2, 0.25) is 0 Å². The van der Waals surface area contributed by atoms with Crippen molar-refractivity contribution in [3.8, 4) is 5.75 Å². The molecular formula is C23H21N3O4. The average molecular weight is 403 g/mol. The zero-order valence-electron chi connectivity index (χ0n) is 16.5. The van der Waals surface area contributed by atoms with Crippen LogP contribution >= 0.6 is 0 Å². The number of imide groups is 1. The first-order valence-electron chi connectivity index (χ1n) is 10.3. The Balaban J connectivity index is 1.57. The molecule has 7 heteroatoms. The summed E-state index contributed by atoms with van der Waals surface area (Å²) in [5.41, 5.74) is 0.810. The van der Waals surface area contributed by atoms with Gasteiger partial charge < -0.3 is 10.1 Å². The molecule has 0 aromatic heterocycles. The summed E-state index contributed by atoms with van der Waals surface area (Å²) in [7, 11) is 1.58. The van der Waals surface area contributed by atoms with Gasteiger partial charge in [0.2, 0.25) is 17.7 Å². The molecule has 4 heterocycles. The predicted octanol–water partition coefficient (Wildman–Crippen LogP) is 2.13. The first kappa shape index (κ1) is 17.7. The lowest BCUT2D eigenvalue weighted by Gasteiger charge is -2.36. The molecule has 3 saturated heterocycles. The zero-order chi connectivity index (χ0) is 20.6. The number of rotatable bonds is 2. The maximum absolute atomic E-state index is 13.8. The van der Waals surface area contributed by atoms with E-state index in [1.807, 2.05) is 30.3 Å². The van der Waals surface area contributed by atoms with Crippen molar-refractivity contribution in [3.05, 3.63) is 54.1 Å². The van der Waals surface area contributed by atoms with Crippen LogP contribution in [0, 0.1) is 11.8 Å². The minimum atomic E-state index is -1.17. The summed E-state index contributed by atoms with van der Waals surface area (Å²) >= 11 is 0. The largest absolute Gasteiger partial charge is 0.497 e. The van der Waals surface area contributed by atoms with Gasteiger partial charge in [0.15, 0.2) is 0 Å². The van der Waals surface area contributed by atoms with Crippen LogP contribution in [0.5, 0.6) is 5.75 Å². The van der Waals surface area contributed by atoms with Gasteiger partial charge in [-0.15, -0.1) is 0 Å². The Morgan fingerprint density at radius 2 is 1.87 bits per heavy atom. The number of hydrogen-bond donors (Lipinski definition) is 1. The highest BCUT2D eigenvalue weighted by atomic mass is 16.5. The molecule has 152 valence electrons. The van der Waals surface area contributed by atoms with Crippen LogP contribution < -0.4 is 15.0 Å². The summed E-state index contributed by atoms with van der Waals surface area (Å²) in [6.45, 7) is 0.688. The molecule has 4 aliphatic rings. The van der Waals surface area contributed by atoms with Crippen molar-refractivity contribution < 1.29 is 19.1 Å². The van der Waals surface area contributed by atoms with Crippen LogP contribution in [0.4, 0.5) is 11.4 Å². The number of benzene rings is 2. The lowest BCUT2D eigenvalue weighted by molar-refractivity contribution is -0.135. The van der Waals surface area contributed by atoms with E-state index in [9.17, 15) is 14.4 Å². The Morgan fingerprint density at radius 3 is 2.63 bits per heavy atom. The molecule has 6 rings (SSSR count). The van der Waals surface area contributed by atoms with Gasteiger partial charge in [0, 0.05) is 17.3 Å². The molecule has 0 aliphatic carbocycles. The topological polar surface area (TPSA) is 79.0 Å². The summed E-state index contributed by atoms with van der Waals surface area (Å²) in [6.07, 6.45) is 1.70. The van der Waals surface area contributed by atoms with Crippen LogP contribution in [0.25, 0.3) is 0 Å². The van der Waals surface area contributed by atoms with Crippen molar-refractivity contribution in [1.82, 2.24) is 4.90 Å². The van der Waals surface area contributed by atoms with E-state index in [1.54, 1.807) is 25.3 Å². The number of fused-ring (bicyclic) bond motifs is 7. The standard InChI is InChI=1S/C23H21N3O4/c1-30-14-9-10-16-15(12-14)23(22(29)24-16)19-18(17-8-5-11-25(17)23)20(27)26(21(19)28)13-6-3-2-4-7-13/h2-4,6-7,9-10,12,17-19H,5,8,11H2,1H3,(H,24,29)/t17-,18+,19-,23-/m0/s1. The molecule has 0 bridgehead atoms. The number of ether oxygens (including phenoxy) is 1. The number of para-hydroxylation sites is 1. The molecule has 7 nitrogen and oxygen atoms in total. The van der Waals surface area contributed by atoms with E-state index in [4.69, 9.17) is 4.74 Å². The Bertz CT molecular complexity index is 1100. The minimum absolute atomic E-state index is 0.122. The van der Waals surface area contributed by atoms with Crippen molar-refractivity contribution >= 4 is 29.1 Å². The highest BCUT2D eigenvalue weighted by Gasteiger charge is 2.74. The molecule has 30 heavy (non-hydrogen) atoms. The van der Waals surface area contributed by atoms with Crippen LogP contribution in [-0.2, 0) is 19.9 Å². The van der Waals surface area contributed by atoms with Crippen molar-refractivity contribution in [2.75, 3.05) is 23.9 Å². The molecule has 4 aliphatic heterocycles. The van der Waals surface area contributed by atoms with Crippen LogP contribution in [0.1, 0.15) is 18.4 Å². The van der Waals surface area contributed by atoms with Gasteiger partial charge in [-0.05, 0) is 49.7 Å². The second-order valence-corrected chi connectivity index (χ2v) is 8.39. The molecule has 3 amide bonds. The number of nitrogens with one attached hydrogen (secondary N) is 1. The lowest BCUT2D eigenvalue weighted by Crippen LogP contribution is -2.54. The van der Waals surface area contributed by atoms with Gasteiger partial charge in [-0.3, -0.25) is 19.3 Å². The minimum Gasteiger partial charge on any atom is -0.497 e. The van der Waals surface area contributed by atoms with E-state index in [0.29, 0.717) is 23.7 Å². The molecule has 0 saturated carbocycles. The first-order valence-corrected chi connectivity index (χ1v) is 10.3. The fourth-order valence-corrected chi connectivity index (χ4v) is 6.14. The molecule has 3 fully saturated rings. The number of anilines is 2. The third-order valence-electron chi connectivity index (χ3n) is 7.21. The second-order valence-electron chi connectivity index (χ2n) is 8.39. The number of carbonyl (C=O) groups is 3. The van der Waals surface area contributed by atoms with Gasteiger partial charge in [-0.25, -0.2) is 4.90 Å². The smallest absolute Gasteiger partial charge is 0.250 e. The number of hydrogen-bond acceptors (Lipinski definition) is 5. The molecule has 0 unspecified atom stereocenters. The number of carbonyl (C=O) groups excluding carboxylic acids is 3. The average Bonchev–Trinajstić information content (AvgIpc) is 3.46. The van der Waals surface area contributed by atoms with Gasteiger partial charge in [0.1, 0.15) is 11.3 Å². The second kappa shape index (κ2) is 5.92. The monoisotopic (exact) mass is 403 g/mol. The molecule has 1 spiro atoms. The summed E-state index contributed by atoms with van der Waals surface area (Å²) in [4.78, 5) is 44.3. The summed E-state index contributed by atoms with van der Waals surface area (Å²) in [5, 5.41) is 2.98. The third kappa shape index (κ3) is 1.91. The maximum atomic E-state index is 13.8. The van der Waals surface area contributed by atoms with Gasteiger partial charge in [-0.1, -0.05) is 18.2 Å². The molecular weight excluding hydrogens is 382 g/mol. The van der Waals surface area contributed by atoms with E-state index in [1.165, 1.54) is 4.90 Å². The molecule has 1 N–H and O–H groups in total. The SMILES string of the molecule is COc1ccc2c(c1)[C@@]1(C(=O)N2)[C@@H]2C(=O)N(c3ccccc3)C(=O)[C@@H]2[C@@H]2CCCN21. The quantitative estimate of drug-likeness (QED) is 0.778. The highest BCUT2D eigenvalue weighted by molar-refractivity contribution is 6.25. The highest BCUT2D eigenvalue weighted by Crippen LogP contribution is 2.61. The Labute approximate surface area is 173 Å². The van der Waals surface area contributed by atoms with E-state index < -0.39 is 17.4 Å². The fraction of sp³-hybridized carbons (Fsp3) is 0.348. The van der Waals surface area contributed by atoms with Crippen molar-refractivity contribution in [1.29, 1.82) is 0 Å². The predicted molar refractivity (Wildman–Crippen MR) is 109 cm³/mol. The van der Waals surface area contributed by atoms with E-state index in [0.717, 1.165) is 18.4 Å². The van der Waals surface area contributed by atoms with Gasteiger partial charge in [-0.2, -0.15) is 0 Å². The molecule has 0 radical (unpaired) electrons. The van der Waals surface area contributed by atoms with Gasteiger partial charge in [0.05, 0.1) is 24.6 Å². The maximum Gasteiger partial charge on any atom is 0.250 e. The van der Waals surface area contributed by atoms with E-state index >= 15 is 0 Å². The normalized spacial score (nSPS) is 31.8. The van der Waals surface area contributed by atoms with E-state index in [2.05, 4.69) is 10.2 Å². The Morgan fingerprint density at radius 1 is 1.07 bits per heavy atom. The number of amides is 3. The van der Waals surface area contributed by atoms with Gasteiger partial charge in [0.25, 0.3) is 0 Å². The van der Waals surface area contributed by atoms with Gasteiger partial charge >= 0.3 is 0 Å². The Hall–Kier alpha value is -3.19. The van der Waals surface area contributed by atoms with Crippen molar-refractivity contribution in [3.63, 3.8) is 0 Å². The molecule has 2 aromatic rings.